The molecule has 6 heteroatoms. The minimum Gasteiger partial charge on any atom is -0.507 e. The first-order valence-corrected chi connectivity index (χ1v) is 9.70. The molecule has 0 fully saturated rings. The molecule has 0 aliphatic heterocycles. The number of aromatic hydroxyl groups is 1. The van der Waals surface area contributed by atoms with Gasteiger partial charge < -0.3 is 14.1 Å². The molecule has 0 spiro atoms. The Hall–Kier alpha value is -2.37. The fraction of sp³-hybridized carbons (Fsp3) is 0.571. The summed E-state index contributed by atoms with van der Waals surface area (Å²) in [5.74, 6) is 0.00445. The van der Waals surface area contributed by atoms with Gasteiger partial charge in [0.1, 0.15) is 22.9 Å². The number of Topliss-reactive ketones (excluding diaryl/α,β-unsaturated/α-hetero) is 1. The summed E-state index contributed by atoms with van der Waals surface area (Å²) in [6.07, 6.45) is 6.02. The van der Waals surface area contributed by atoms with Crippen molar-refractivity contribution in [3.05, 3.63) is 45.5 Å². The van der Waals surface area contributed by atoms with E-state index in [0.717, 1.165) is 37.2 Å². The van der Waals surface area contributed by atoms with Gasteiger partial charge >= 0.3 is 5.63 Å². The first-order valence-electron chi connectivity index (χ1n) is 9.70. The van der Waals surface area contributed by atoms with Crippen molar-refractivity contribution in [2.75, 3.05) is 0 Å². The number of aromatic nitrogens is 2. The van der Waals surface area contributed by atoms with Crippen LogP contribution in [0.25, 0.3) is 0 Å². The van der Waals surface area contributed by atoms with Gasteiger partial charge in [-0.3, -0.25) is 4.79 Å². The fourth-order valence-electron chi connectivity index (χ4n) is 3.29. The van der Waals surface area contributed by atoms with E-state index in [1.54, 1.807) is 6.92 Å². The third-order valence-electron chi connectivity index (χ3n) is 4.87. The van der Waals surface area contributed by atoms with E-state index in [9.17, 15) is 14.7 Å². The largest absolute Gasteiger partial charge is 0.507 e. The second-order valence-electron chi connectivity index (χ2n) is 7.36. The van der Waals surface area contributed by atoms with E-state index in [1.165, 1.54) is 6.07 Å². The first kappa shape index (κ1) is 20.9. The Morgan fingerprint density at radius 2 is 2.00 bits per heavy atom. The molecule has 0 bridgehead atoms. The van der Waals surface area contributed by atoms with Crippen LogP contribution in [-0.4, -0.2) is 20.4 Å². The molecule has 2 heterocycles. The predicted molar refractivity (Wildman–Crippen MR) is 104 cm³/mol. The van der Waals surface area contributed by atoms with Crippen molar-refractivity contribution in [3.8, 4) is 5.75 Å². The molecule has 0 aliphatic rings. The van der Waals surface area contributed by atoms with Gasteiger partial charge in [0, 0.05) is 37.6 Å². The number of ketones is 1. The van der Waals surface area contributed by atoms with Crippen LogP contribution < -0.4 is 5.63 Å². The number of nitrogens with zero attached hydrogens (tertiary/aromatic N) is 2. The molecule has 6 nitrogen and oxygen atoms in total. The SMILES string of the molecule is CCCc1cn(C)c(CC(C)C(=O)c2c(O)cc(C(C)CCC)oc2=O)n1. The number of hydrogen-bond donors (Lipinski definition) is 1. The summed E-state index contributed by atoms with van der Waals surface area (Å²) in [6.45, 7) is 7.80. The van der Waals surface area contributed by atoms with Gasteiger partial charge in [-0.15, -0.1) is 0 Å². The summed E-state index contributed by atoms with van der Waals surface area (Å²) in [6, 6.07) is 1.40. The molecule has 0 aromatic carbocycles. The third-order valence-corrected chi connectivity index (χ3v) is 4.87. The van der Waals surface area contributed by atoms with Crippen LogP contribution in [0.3, 0.4) is 0 Å². The van der Waals surface area contributed by atoms with E-state index in [1.807, 2.05) is 31.7 Å². The zero-order valence-electron chi connectivity index (χ0n) is 16.9. The van der Waals surface area contributed by atoms with Crippen molar-refractivity contribution in [2.24, 2.45) is 13.0 Å². The average molecular weight is 374 g/mol. The van der Waals surface area contributed by atoms with E-state index in [4.69, 9.17) is 4.42 Å². The number of aryl methyl sites for hydroxylation is 2. The van der Waals surface area contributed by atoms with E-state index in [0.29, 0.717) is 12.2 Å². The van der Waals surface area contributed by atoms with Crippen molar-refractivity contribution in [1.29, 1.82) is 0 Å². The zero-order chi connectivity index (χ0) is 20.1. The highest BCUT2D eigenvalue weighted by Crippen LogP contribution is 2.26. The van der Waals surface area contributed by atoms with Crippen molar-refractivity contribution >= 4 is 5.78 Å². The first-order chi connectivity index (χ1) is 12.8. The van der Waals surface area contributed by atoms with Crippen LogP contribution in [0.15, 0.2) is 21.5 Å². The Balaban J connectivity index is 2.22. The van der Waals surface area contributed by atoms with Gasteiger partial charge in [0.05, 0.1) is 5.69 Å². The third kappa shape index (κ3) is 4.87. The maximum absolute atomic E-state index is 12.8. The second-order valence-corrected chi connectivity index (χ2v) is 7.36. The number of imidazole rings is 1. The summed E-state index contributed by atoms with van der Waals surface area (Å²) in [5.41, 5.74) is -0.0412. The molecule has 148 valence electrons. The molecule has 0 saturated carbocycles. The minimum atomic E-state index is -0.767. The van der Waals surface area contributed by atoms with Gasteiger partial charge in [0.15, 0.2) is 5.78 Å². The lowest BCUT2D eigenvalue weighted by molar-refractivity contribution is 0.0920. The molecule has 0 aliphatic carbocycles. The van der Waals surface area contributed by atoms with Gasteiger partial charge in [-0.25, -0.2) is 9.78 Å². The van der Waals surface area contributed by atoms with Crippen LogP contribution in [0.1, 0.15) is 80.5 Å². The smallest absolute Gasteiger partial charge is 0.350 e. The van der Waals surface area contributed by atoms with E-state index >= 15 is 0 Å². The molecular weight excluding hydrogens is 344 g/mol. The molecule has 27 heavy (non-hydrogen) atoms. The van der Waals surface area contributed by atoms with Gasteiger partial charge in [-0.1, -0.05) is 40.5 Å². The summed E-state index contributed by atoms with van der Waals surface area (Å²) in [7, 11) is 1.90. The van der Waals surface area contributed by atoms with Crippen LogP contribution in [0, 0.1) is 5.92 Å². The summed E-state index contributed by atoms with van der Waals surface area (Å²) in [5, 5.41) is 10.3. The Morgan fingerprint density at radius 1 is 1.30 bits per heavy atom. The van der Waals surface area contributed by atoms with E-state index < -0.39 is 17.3 Å². The average Bonchev–Trinajstić information content (AvgIpc) is 2.93. The maximum atomic E-state index is 12.8. The van der Waals surface area contributed by atoms with Crippen LogP contribution in [-0.2, 0) is 19.9 Å². The van der Waals surface area contributed by atoms with Crippen molar-refractivity contribution in [2.45, 2.75) is 65.7 Å². The lowest BCUT2D eigenvalue weighted by Gasteiger charge is -2.13. The fourth-order valence-corrected chi connectivity index (χ4v) is 3.29. The Kier molecular flexibility index (Phi) is 6.99. The number of rotatable bonds is 9. The summed E-state index contributed by atoms with van der Waals surface area (Å²) in [4.78, 5) is 29.7. The number of carbonyl (C=O) groups excluding carboxylic acids is 1. The second kappa shape index (κ2) is 9.02. The van der Waals surface area contributed by atoms with E-state index in [2.05, 4.69) is 11.9 Å². The molecule has 2 rings (SSSR count). The lowest BCUT2D eigenvalue weighted by atomic mass is 9.95. The highest BCUT2D eigenvalue weighted by Gasteiger charge is 2.26. The molecule has 2 atom stereocenters. The van der Waals surface area contributed by atoms with Crippen LogP contribution in [0.5, 0.6) is 5.75 Å². The summed E-state index contributed by atoms with van der Waals surface area (Å²) >= 11 is 0. The molecule has 2 aromatic rings. The minimum absolute atomic E-state index is 0.0136. The Bertz CT molecular complexity index is 850. The molecule has 2 aromatic heterocycles. The lowest BCUT2D eigenvalue weighted by Crippen LogP contribution is -2.23. The zero-order valence-corrected chi connectivity index (χ0v) is 16.9. The van der Waals surface area contributed by atoms with Crippen molar-refractivity contribution in [3.63, 3.8) is 0 Å². The topological polar surface area (TPSA) is 85.3 Å². The van der Waals surface area contributed by atoms with Gasteiger partial charge in [0.2, 0.25) is 0 Å². The maximum Gasteiger partial charge on any atom is 0.350 e. The van der Waals surface area contributed by atoms with Crippen LogP contribution in [0.2, 0.25) is 0 Å². The van der Waals surface area contributed by atoms with Crippen molar-refractivity contribution in [1.82, 2.24) is 9.55 Å². The Morgan fingerprint density at radius 3 is 2.59 bits per heavy atom. The van der Waals surface area contributed by atoms with Gasteiger partial charge in [-0.2, -0.15) is 0 Å². The molecule has 0 amide bonds. The molecule has 0 radical (unpaired) electrons. The molecule has 1 N–H and O–H groups in total. The van der Waals surface area contributed by atoms with E-state index in [-0.39, 0.29) is 17.2 Å². The summed E-state index contributed by atoms with van der Waals surface area (Å²) < 4.78 is 7.24. The predicted octanol–water partition coefficient (Wildman–Crippen LogP) is 4.00. The van der Waals surface area contributed by atoms with Crippen LogP contribution >= 0.6 is 0 Å². The van der Waals surface area contributed by atoms with Crippen molar-refractivity contribution < 1.29 is 14.3 Å². The van der Waals surface area contributed by atoms with Gasteiger partial charge in [-0.05, 0) is 12.8 Å². The molecule has 2 unspecified atom stereocenters. The standard InChI is InChI=1S/C21H30N2O4/c1-6-8-13(3)17-11-16(24)19(21(26)27-17)20(25)14(4)10-18-22-15(9-7-2)12-23(18)5/h11-14,24H,6-10H2,1-5H3. The number of hydrogen-bond acceptors (Lipinski definition) is 5. The van der Waals surface area contributed by atoms with Gasteiger partial charge in [0.25, 0.3) is 0 Å². The molecule has 0 saturated heterocycles. The van der Waals surface area contributed by atoms with Crippen LogP contribution in [0.4, 0.5) is 0 Å². The normalized spacial score (nSPS) is 13.5. The highest BCUT2D eigenvalue weighted by atomic mass is 16.4. The Labute approximate surface area is 160 Å². The monoisotopic (exact) mass is 374 g/mol. The number of carbonyl (C=O) groups is 1. The highest BCUT2D eigenvalue weighted by molar-refractivity contribution is 5.99. The quantitative estimate of drug-likeness (QED) is 0.671. The molecular formula is C21H30N2O4.